The minimum atomic E-state index is -0.237. The summed E-state index contributed by atoms with van der Waals surface area (Å²) < 4.78 is 13.7. The zero-order valence-corrected chi connectivity index (χ0v) is 20.8. The lowest BCUT2D eigenvalue weighted by Gasteiger charge is -2.46. The molecule has 7 rings (SSSR count). The van der Waals surface area contributed by atoms with Crippen LogP contribution in [0, 0.1) is 11.7 Å². The van der Waals surface area contributed by atoms with Crippen LogP contribution in [0.25, 0.3) is 28.5 Å². The van der Waals surface area contributed by atoms with E-state index in [0.29, 0.717) is 17.9 Å². The van der Waals surface area contributed by atoms with Crippen LogP contribution in [-0.2, 0) is 5.41 Å². The molecule has 0 amide bonds. The molecule has 0 bridgehead atoms. The van der Waals surface area contributed by atoms with Gasteiger partial charge in [-0.15, -0.1) is 0 Å². The highest BCUT2D eigenvalue weighted by Gasteiger charge is 2.45. The maximum atomic E-state index is 13.7. The molecule has 3 aromatic carbocycles. The number of allylic oxidation sites excluding steroid dienone is 1. The van der Waals surface area contributed by atoms with Crippen LogP contribution < -0.4 is 0 Å². The molecule has 36 heavy (non-hydrogen) atoms. The van der Waals surface area contributed by atoms with Crippen LogP contribution in [0.5, 0.6) is 0 Å². The molecule has 4 heteroatoms. The SMILES string of the molecule is CC1CN(C2CCC(c3ccccc3-c3nc4ccc(F)cc4[nH]3)C2)CCC12C=Cc1ccccc12. The van der Waals surface area contributed by atoms with E-state index in [2.05, 4.69) is 77.5 Å². The molecule has 4 unspecified atom stereocenters. The van der Waals surface area contributed by atoms with Crippen molar-refractivity contribution in [2.24, 2.45) is 5.92 Å². The number of likely N-dealkylation sites (tertiary alicyclic amines) is 1. The number of piperidine rings is 1. The smallest absolute Gasteiger partial charge is 0.138 e. The Bertz CT molecular complexity index is 1470. The number of nitrogens with zero attached hydrogens (tertiary/aromatic N) is 2. The number of imidazole rings is 1. The molecule has 4 aromatic rings. The van der Waals surface area contributed by atoms with Crippen molar-refractivity contribution in [2.75, 3.05) is 13.1 Å². The fourth-order valence-electron chi connectivity index (χ4n) is 7.30. The third-order valence-electron chi connectivity index (χ3n) is 9.24. The van der Waals surface area contributed by atoms with Gasteiger partial charge in [0.2, 0.25) is 0 Å². The van der Waals surface area contributed by atoms with E-state index in [9.17, 15) is 4.39 Å². The quantitative estimate of drug-likeness (QED) is 0.335. The van der Waals surface area contributed by atoms with Gasteiger partial charge in [-0.1, -0.05) is 67.6 Å². The first-order valence-corrected chi connectivity index (χ1v) is 13.4. The van der Waals surface area contributed by atoms with Crippen molar-refractivity contribution in [1.29, 1.82) is 0 Å². The van der Waals surface area contributed by atoms with Crippen molar-refractivity contribution >= 4 is 17.1 Å². The molecule has 1 saturated heterocycles. The van der Waals surface area contributed by atoms with E-state index in [0.717, 1.165) is 35.5 Å². The molecule has 182 valence electrons. The molecule has 1 aromatic heterocycles. The van der Waals surface area contributed by atoms with Crippen molar-refractivity contribution in [3.05, 3.63) is 95.3 Å². The van der Waals surface area contributed by atoms with Crippen LogP contribution in [0.2, 0.25) is 0 Å². The predicted octanol–water partition coefficient (Wildman–Crippen LogP) is 7.31. The molecule has 1 saturated carbocycles. The monoisotopic (exact) mass is 477 g/mol. The van der Waals surface area contributed by atoms with Crippen LogP contribution >= 0.6 is 0 Å². The molecule has 4 atom stereocenters. The minimum Gasteiger partial charge on any atom is -0.338 e. The lowest BCUT2D eigenvalue weighted by atomic mass is 9.68. The number of hydrogen-bond donors (Lipinski definition) is 1. The molecule has 2 heterocycles. The summed E-state index contributed by atoms with van der Waals surface area (Å²) in [6.07, 6.45) is 9.68. The molecule has 3 nitrogen and oxygen atoms in total. The minimum absolute atomic E-state index is 0.207. The number of hydrogen-bond acceptors (Lipinski definition) is 2. The van der Waals surface area contributed by atoms with E-state index in [1.807, 2.05) is 0 Å². The van der Waals surface area contributed by atoms with E-state index >= 15 is 0 Å². The van der Waals surface area contributed by atoms with Crippen LogP contribution in [0.4, 0.5) is 4.39 Å². The summed E-state index contributed by atoms with van der Waals surface area (Å²) in [4.78, 5) is 10.9. The normalized spacial score (nSPS) is 27.8. The molecule has 1 spiro atoms. The van der Waals surface area contributed by atoms with Gasteiger partial charge in [0.25, 0.3) is 0 Å². The first kappa shape index (κ1) is 22.0. The molecule has 3 aliphatic rings. The summed E-state index contributed by atoms with van der Waals surface area (Å²) in [5.41, 5.74) is 7.22. The number of H-pyrrole nitrogens is 1. The number of rotatable bonds is 3. The number of aromatic amines is 1. The van der Waals surface area contributed by atoms with Gasteiger partial charge in [-0.25, -0.2) is 9.37 Å². The molecule has 2 fully saturated rings. The van der Waals surface area contributed by atoms with Gasteiger partial charge in [-0.3, -0.25) is 0 Å². The number of benzene rings is 3. The lowest BCUT2D eigenvalue weighted by Crippen LogP contribution is -2.50. The third kappa shape index (κ3) is 3.46. The largest absolute Gasteiger partial charge is 0.338 e. The zero-order chi connectivity index (χ0) is 24.3. The highest BCUT2D eigenvalue weighted by molar-refractivity contribution is 5.80. The van der Waals surface area contributed by atoms with Gasteiger partial charge in [0.1, 0.15) is 11.6 Å². The molecular formula is C32H32FN3. The Labute approximate surface area is 212 Å². The molecule has 1 aliphatic heterocycles. The summed E-state index contributed by atoms with van der Waals surface area (Å²) in [7, 11) is 0. The maximum absolute atomic E-state index is 13.7. The van der Waals surface area contributed by atoms with Crippen molar-refractivity contribution in [3.8, 4) is 11.4 Å². The van der Waals surface area contributed by atoms with Crippen molar-refractivity contribution < 1.29 is 4.39 Å². The summed E-state index contributed by atoms with van der Waals surface area (Å²) in [5, 5.41) is 0. The Kier molecular flexibility index (Phi) is 5.14. The second-order valence-corrected chi connectivity index (χ2v) is 11.1. The van der Waals surface area contributed by atoms with Crippen molar-refractivity contribution in [2.45, 2.75) is 50.0 Å². The predicted molar refractivity (Wildman–Crippen MR) is 144 cm³/mol. The first-order valence-electron chi connectivity index (χ1n) is 13.4. The highest BCUT2D eigenvalue weighted by Crippen LogP contribution is 2.49. The average molecular weight is 478 g/mol. The van der Waals surface area contributed by atoms with Crippen LogP contribution in [0.3, 0.4) is 0 Å². The van der Waals surface area contributed by atoms with Gasteiger partial charge in [0, 0.05) is 23.6 Å². The topological polar surface area (TPSA) is 31.9 Å². The molecule has 0 radical (unpaired) electrons. The Balaban J connectivity index is 1.10. The Morgan fingerprint density at radius 1 is 1.03 bits per heavy atom. The summed E-state index contributed by atoms with van der Waals surface area (Å²) in [6, 6.07) is 23.0. The van der Waals surface area contributed by atoms with Gasteiger partial charge in [-0.05, 0) is 79.0 Å². The van der Waals surface area contributed by atoms with Crippen molar-refractivity contribution in [3.63, 3.8) is 0 Å². The van der Waals surface area contributed by atoms with Gasteiger partial charge >= 0.3 is 0 Å². The highest BCUT2D eigenvalue weighted by atomic mass is 19.1. The Morgan fingerprint density at radius 3 is 2.81 bits per heavy atom. The fraction of sp³-hybridized carbons (Fsp3) is 0.344. The zero-order valence-electron chi connectivity index (χ0n) is 20.8. The second-order valence-electron chi connectivity index (χ2n) is 11.1. The number of fused-ring (bicyclic) bond motifs is 3. The second kappa shape index (κ2) is 8.41. The maximum Gasteiger partial charge on any atom is 0.138 e. The number of aromatic nitrogens is 2. The molecular weight excluding hydrogens is 445 g/mol. The van der Waals surface area contributed by atoms with Crippen molar-refractivity contribution in [1.82, 2.24) is 14.9 Å². The number of halogens is 1. The van der Waals surface area contributed by atoms with Gasteiger partial charge < -0.3 is 9.88 Å². The summed E-state index contributed by atoms with van der Waals surface area (Å²) >= 11 is 0. The molecule has 1 N–H and O–H groups in total. The summed E-state index contributed by atoms with van der Waals surface area (Å²) in [6.45, 7) is 4.77. The van der Waals surface area contributed by atoms with Gasteiger partial charge in [-0.2, -0.15) is 0 Å². The lowest BCUT2D eigenvalue weighted by molar-refractivity contribution is 0.0898. The first-order chi connectivity index (χ1) is 17.6. The van der Waals surface area contributed by atoms with Crippen LogP contribution in [-0.4, -0.2) is 34.0 Å². The number of nitrogens with one attached hydrogen (secondary N) is 1. The fourth-order valence-corrected chi connectivity index (χ4v) is 7.30. The molecule has 2 aliphatic carbocycles. The third-order valence-corrected chi connectivity index (χ3v) is 9.24. The van der Waals surface area contributed by atoms with E-state index < -0.39 is 0 Å². The van der Waals surface area contributed by atoms with E-state index in [1.165, 1.54) is 54.5 Å². The van der Waals surface area contributed by atoms with Gasteiger partial charge in [0.05, 0.1) is 11.0 Å². The standard InChI is InChI=1S/C32H32FN3/c1-21-20-36(17-16-32(21)15-14-22-6-2-5-9-28(22)32)25-12-10-23(18-25)26-7-3-4-8-27(26)31-34-29-13-11-24(33)19-30(29)35-31/h2-9,11,13-15,19,21,23,25H,10,12,16-18,20H2,1H3,(H,34,35). The van der Waals surface area contributed by atoms with Crippen LogP contribution in [0.1, 0.15) is 55.2 Å². The Morgan fingerprint density at radius 2 is 1.89 bits per heavy atom. The van der Waals surface area contributed by atoms with E-state index in [-0.39, 0.29) is 11.2 Å². The van der Waals surface area contributed by atoms with Gasteiger partial charge in [0.15, 0.2) is 0 Å². The Hall–Kier alpha value is -3.24. The van der Waals surface area contributed by atoms with Crippen LogP contribution in [0.15, 0.2) is 72.8 Å². The average Bonchev–Trinajstić information content (AvgIpc) is 3.64. The summed E-state index contributed by atoms with van der Waals surface area (Å²) in [5.74, 6) is 1.73. The van der Waals surface area contributed by atoms with E-state index in [1.54, 1.807) is 6.07 Å². The van der Waals surface area contributed by atoms with E-state index in [4.69, 9.17) is 4.98 Å².